The first-order valence-corrected chi connectivity index (χ1v) is 5.87. The normalized spacial score (nSPS) is 12.2. The van der Waals surface area contributed by atoms with Gasteiger partial charge in [0, 0.05) is 15.8 Å². The summed E-state index contributed by atoms with van der Waals surface area (Å²) in [7, 11) is 0. The molecule has 0 radical (unpaired) electrons. The van der Waals surface area contributed by atoms with E-state index in [1.165, 1.54) is 29.0 Å². The summed E-state index contributed by atoms with van der Waals surface area (Å²) in [6.07, 6.45) is 4.97. The molecule has 1 atom stereocenters. The van der Waals surface area contributed by atoms with Crippen molar-refractivity contribution in [2.24, 2.45) is 5.73 Å². The fraction of sp³-hybridized carbons (Fsp3) is 0.636. The van der Waals surface area contributed by atoms with Gasteiger partial charge in [-0.05, 0) is 25.5 Å². The molecule has 14 heavy (non-hydrogen) atoms. The van der Waals surface area contributed by atoms with E-state index in [2.05, 4.69) is 26.0 Å². The summed E-state index contributed by atoms with van der Waals surface area (Å²) in [6.45, 7) is 4.35. The quantitative estimate of drug-likeness (QED) is 0.763. The van der Waals surface area contributed by atoms with Crippen molar-refractivity contribution in [3.63, 3.8) is 0 Å². The highest BCUT2D eigenvalue weighted by molar-refractivity contribution is 7.12. The first kappa shape index (κ1) is 13.9. The Hall–Kier alpha value is -0.0500. The van der Waals surface area contributed by atoms with E-state index in [4.69, 9.17) is 5.73 Å². The zero-order valence-electron chi connectivity index (χ0n) is 8.95. The van der Waals surface area contributed by atoms with Gasteiger partial charge in [0.2, 0.25) is 0 Å². The number of hydrogen-bond acceptors (Lipinski definition) is 2. The molecule has 2 N–H and O–H groups in total. The molecule has 1 aromatic rings. The molecule has 0 spiro atoms. The Morgan fingerprint density at radius 1 is 1.36 bits per heavy atom. The maximum absolute atomic E-state index is 6.06. The van der Waals surface area contributed by atoms with Gasteiger partial charge in [-0.1, -0.05) is 26.2 Å². The molecule has 0 aliphatic carbocycles. The zero-order valence-corrected chi connectivity index (χ0v) is 10.6. The van der Waals surface area contributed by atoms with Gasteiger partial charge in [0.15, 0.2) is 0 Å². The maximum Gasteiger partial charge on any atom is 0.0389 e. The van der Waals surface area contributed by atoms with Crippen molar-refractivity contribution < 1.29 is 0 Å². The first-order valence-electron chi connectivity index (χ1n) is 5.06. The van der Waals surface area contributed by atoms with Crippen molar-refractivity contribution in [2.45, 2.75) is 45.6 Å². The second kappa shape index (κ2) is 7.27. The third-order valence-corrected chi connectivity index (χ3v) is 3.38. The molecule has 0 unspecified atom stereocenters. The van der Waals surface area contributed by atoms with Crippen molar-refractivity contribution in [1.82, 2.24) is 0 Å². The zero-order chi connectivity index (χ0) is 9.68. The highest BCUT2D eigenvalue weighted by Crippen LogP contribution is 2.24. The molecule has 1 aromatic heterocycles. The fourth-order valence-corrected chi connectivity index (χ4v) is 2.32. The molecular formula is C11H20ClNS. The lowest BCUT2D eigenvalue weighted by Gasteiger charge is -2.08. The Morgan fingerprint density at radius 3 is 2.57 bits per heavy atom. The summed E-state index contributed by atoms with van der Waals surface area (Å²) >= 11 is 1.83. The van der Waals surface area contributed by atoms with Crippen LogP contribution in [0.4, 0.5) is 0 Å². The van der Waals surface area contributed by atoms with Crippen LogP contribution < -0.4 is 5.73 Å². The van der Waals surface area contributed by atoms with Crippen molar-refractivity contribution in [1.29, 1.82) is 0 Å². The minimum atomic E-state index is 0. The van der Waals surface area contributed by atoms with E-state index in [0.29, 0.717) is 0 Å². The standard InChI is InChI=1S/C11H19NS.ClH/c1-3-4-5-6-10(12)11-8-7-9(2)13-11;/h7-8,10H,3-6,12H2,1-2H3;1H/t10-;/m0./s1. The Bertz CT molecular complexity index is 247. The molecule has 0 amide bonds. The average Bonchev–Trinajstić information content (AvgIpc) is 2.52. The highest BCUT2D eigenvalue weighted by atomic mass is 35.5. The van der Waals surface area contributed by atoms with Crippen molar-refractivity contribution >= 4 is 23.7 Å². The molecule has 0 saturated heterocycles. The van der Waals surface area contributed by atoms with Crippen molar-refractivity contribution in [2.75, 3.05) is 0 Å². The predicted octanol–water partition coefficient (Wildman–Crippen LogP) is 4.06. The van der Waals surface area contributed by atoms with Gasteiger partial charge in [0.1, 0.15) is 0 Å². The summed E-state index contributed by atoms with van der Waals surface area (Å²) in [4.78, 5) is 2.70. The Labute approximate surface area is 97.1 Å². The lowest BCUT2D eigenvalue weighted by molar-refractivity contribution is 0.587. The number of hydrogen-bond donors (Lipinski definition) is 1. The van der Waals surface area contributed by atoms with Crippen molar-refractivity contribution in [3.05, 3.63) is 21.9 Å². The number of halogens is 1. The van der Waals surface area contributed by atoms with Crippen LogP contribution in [0.5, 0.6) is 0 Å². The van der Waals surface area contributed by atoms with Crippen LogP contribution in [0.3, 0.4) is 0 Å². The van der Waals surface area contributed by atoms with Crippen LogP contribution in [0.15, 0.2) is 12.1 Å². The summed E-state index contributed by atoms with van der Waals surface area (Å²) in [6, 6.07) is 4.58. The summed E-state index contributed by atoms with van der Waals surface area (Å²) in [5.74, 6) is 0. The number of nitrogens with two attached hydrogens (primary N) is 1. The van der Waals surface area contributed by atoms with Crippen LogP contribution in [0.25, 0.3) is 0 Å². The number of unbranched alkanes of at least 4 members (excludes halogenated alkanes) is 2. The van der Waals surface area contributed by atoms with Gasteiger partial charge < -0.3 is 5.73 Å². The SMILES string of the molecule is CCCCC[C@H](N)c1ccc(C)s1.Cl. The third kappa shape index (κ3) is 4.45. The maximum atomic E-state index is 6.06. The summed E-state index contributed by atoms with van der Waals surface area (Å²) in [5, 5.41) is 0. The number of aryl methyl sites for hydroxylation is 1. The van der Waals surface area contributed by atoms with Crippen LogP contribution in [-0.4, -0.2) is 0 Å². The van der Waals surface area contributed by atoms with Crippen LogP contribution >= 0.6 is 23.7 Å². The Morgan fingerprint density at radius 2 is 2.07 bits per heavy atom. The molecule has 0 aliphatic rings. The highest BCUT2D eigenvalue weighted by Gasteiger charge is 2.06. The van der Waals surface area contributed by atoms with Gasteiger partial charge in [-0.3, -0.25) is 0 Å². The molecule has 1 nitrogen and oxygen atoms in total. The number of rotatable bonds is 5. The van der Waals surface area contributed by atoms with Gasteiger partial charge in [-0.2, -0.15) is 0 Å². The molecule has 0 aromatic carbocycles. The minimum absolute atomic E-state index is 0. The molecular weight excluding hydrogens is 214 g/mol. The van der Waals surface area contributed by atoms with E-state index >= 15 is 0 Å². The van der Waals surface area contributed by atoms with E-state index in [9.17, 15) is 0 Å². The number of thiophene rings is 1. The summed E-state index contributed by atoms with van der Waals surface area (Å²) in [5.41, 5.74) is 6.06. The van der Waals surface area contributed by atoms with Gasteiger partial charge in [-0.25, -0.2) is 0 Å². The van der Waals surface area contributed by atoms with Crippen LogP contribution in [0.2, 0.25) is 0 Å². The average molecular weight is 234 g/mol. The second-order valence-corrected chi connectivity index (χ2v) is 4.87. The topological polar surface area (TPSA) is 26.0 Å². The Balaban J connectivity index is 0.00000169. The predicted molar refractivity (Wildman–Crippen MR) is 67.4 cm³/mol. The molecule has 82 valence electrons. The Kier molecular flexibility index (Phi) is 7.24. The first-order chi connectivity index (χ1) is 6.24. The third-order valence-electron chi connectivity index (χ3n) is 2.25. The van der Waals surface area contributed by atoms with Gasteiger partial charge in [-0.15, -0.1) is 23.7 Å². The van der Waals surface area contributed by atoms with Crippen molar-refractivity contribution in [3.8, 4) is 0 Å². The lowest BCUT2D eigenvalue weighted by atomic mass is 10.1. The van der Waals surface area contributed by atoms with E-state index in [1.54, 1.807) is 0 Å². The van der Waals surface area contributed by atoms with Gasteiger partial charge in [0.25, 0.3) is 0 Å². The van der Waals surface area contributed by atoms with Crippen LogP contribution in [0, 0.1) is 6.92 Å². The largest absolute Gasteiger partial charge is 0.323 e. The second-order valence-electron chi connectivity index (χ2n) is 3.55. The smallest absolute Gasteiger partial charge is 0.0389 e. The molecule has 0 fully saturated rings. The molecule has 3 heteroatoms. The van der Waals surface area contributed by atoms with E-state index < -0.39 is 0 Å². The molecule has 1 heterocycles. The lowest BCUT2D eigenvalue weighted by Crippen LogP contribution is -2.07. The van der Waals surface area contributed by atoms with Crippen LogP contribution in [-0.2, 0) is 0 Å². The monoisotopic (exact) mass is 233 g/mol. The molecule has 1 rings (SSSR count). The molecule has 0 bridgehead atoms. The van der Waals surface area contributed by atoms with E-state index in [0.717, 1.165) is 6.42 Å². The van der Waals surface area contributed by atoms with Gasteiger partial charge >= 0.3 is 0 Å². The molecule has 0 aliphatic heterocycles. The fourth-order valence-electron chi connectivity index (χ4n) is 1.41. The minimum Gasteiger partial charge on any atom is -0.323 e. The van der Waals surface area contributed by atoms with Crippen LogP contribution in [0.1, 0.15) is 48.4 Å². The van der Waals surface area contributed by atoms with E-state index in [1.807, 2.05) is 11.3 Å². The van der Waals surface area contributed by atoms with E-state index in [-0.39, 0.29) is 18.4 Å². The molecule has 0 saturated carbocycles. The summed E-state index contributed by atoms with van der Waals surface area (Å²) < 4.78 is 0. The van der Waals surface area contributed by atoms with Gasteiger partial charge in [0.05, 0.1) is 0 Å².